The van der Waals surface area contributed by atoms with Crippen LogP contribution in [0.2, 0.25) is 0 Å². The Labute approximate surface area is 201 Å². The van der Waals surface area contributed by atoms with Crippen LogP contribution in [0.15, 0.2) is 24.3 Å². The summed E-state index contributed by atoms with van der Waals surface area (Å²) in [6, 6.07) is 6.23. The van der Waals surface area contributed by atoms with Gasteiger partial charge in [-0.1, -0.05) is 12.1 Å². The lowest BCUT2D eigenvalue weighted by atomic mass is 9.52. The van der Waals surface area contributed by atoms with Crippen molar-refractivity contribution >= 4 is 11.9 Å². The van der Waals surface area contributed by atoms with Gasteiger partial charge in [-0.15, -0.1) is 0 Å². The minimum Gasteiger partial charge on any atom is -0.390 e. The third-order valence-corrected chi connectivity index (χ3v) is 8.78. The van der Waals surface area contributed by atoms with Crippen LogP contribution < -0.4 is 5.32 Å². The number of hydrogen-bond acceptors (Lipinski definition) is 3. The summed E-state index contributed by atoms with van der Waals surface area (Å²) in [5, 5.41) is 14.2. The second-order valence-electron chi connectivity index (χ2n) is 11.7. The molecule has 3 amide bonds. The smallest absolute Gasteiger partial charge is 0.317 e. The second-order valence-corrected chi connectivity index (χ2v) is 11.7. The fourth-order valence-corrected chi connectivity index (χ4v) is 7.45. The third kappa shape index (κ3) is 4.56. The zero-order valence-corrected chi connectivity index (χ0v) is 20.4. The Morgan fingerprint density at radius 1 is 1.21 bits per heavy atom. The molecule has 4 saturated carbocycles. The van der Waals surface area contributed by atoms with Crippen LogP contribution in [0.4, 0.5) is 9.18 Å². The Hall–Kier alpha value is -2.15. The van der Waals surface area contributed by atoms with Crippen LogP contribution in [-0.2, 0) is 0 Å². The van der Waals surface area contributed by atoms with E-state index >= 15 is 0 Å². The average molecular weight is 472 g/mol. The summed E-state index contributed by atoms with van der Waals surface area (Å²) in [5.74, 6) is 0.761. The molecule has 1 aromatic carbocycles. The monoisotopic (exact) mass is 471 g/mol. The van der Waals surface area contributed by atoms with E-state index in [2.05, 4.69) is 5.32 Å². The molecule has 0 radical (unpaired) electrons. The molecule has 6 rings (SSSR count). The number of carbonyl (C=O) groups excluding carboxylic acids is 2. The maximum Gasteiger partial charge on any atom is 0.317 e. The number of nitrogens with one attached hydrogen (secondary N) is 1. The first-order valence-corrected chi connectivity index (χ1v) is 13.1. The van der Waals surface area contributed by atoms with Crippen molar-refractivity contribution in [1.29, 1.82) is 0 Å². The van der Waals surface area contributed by atoms with Crippen LogP contribution in [0.1, 0.15) is 69.2 Å². The number of aliphatic hydroxyl groups is 1. The normalized spacial score (nSPS) is 34.4. The average Bonchev–Trinajstić information content (AvgIpc) is 2.78. The molecular formula is C27H38FN3O3. The summed E-state index contributed by atoms with van der Waals surface area (Å²) in [6.45, 7) is 5.74. The summed E-state index contributed by atoms with van der Waals surface area (Å²) >= 11 is 0. The van der Waals surface area contributed by atoms with E-state index < -0.39 is 11.4 Å². The summed E-state index contributed by atoms with van der Waals surface area (Å²) in [5.41, 5.74) is -0.399. The maximum atomic E-state index is 14.3. The number of nitrogens with zero attached hydrogens (tertiary/aromatic N) is 2. The Morgan fingerprint density at radius 3 is 2.56 bits per heavy atom. The number of benzene rings is 1. The van der Waals surface area contributed by atoms with E-state index in [0.717, 1.165) is 51.5 Å². The number of halogens is 1. The minimum absolute atomic E-state index is 0.00862. The highest BCUT2D eigenvalue weighted by Gasteiger charge is 2.55. The summed E-state index contributed by atoms with van der Waals surface area (Å²) in [6.07, 6.45) is 6.65. The Kier molecular flexibility index (Phi) is 6.34. The minimum atomic E-state index is -0.501. The van der Waals surface area contributed by atoms with Crippen molar-refractivity contribution in [3.63, 3.8) is 0 Å². The van der Waals surface area contributed by atoms with Crippen LogP contribution in [0.25, 0.3) is 0 Å². The zero-order chi connectivity index (χ0) is 24.0. The molecule has 4 aliphatic carbocycles. The van der Waals surface area contributed by atoms with E-state index in [4.69, 9.17) is 0 Å². The molecule has 5 aliphatic rings. The van der Waals surface area contributed by atoms with Crippen molar-refractivity contribution in [2.75, 3.05) is 19.6 Å². The second kappa shape index (κ2) is 9.14. The van der Waals surface area contributed by atoms with Gasteiger partial charge in [-0.2, -0.15) is 0 Å². The number of urea groups is 1. The van der Waals surface area contributed by atoms with Gasteiger partial charge < -0.3 is 20.2 Å². The molecule has 7 heteroatoms. The van der Waals surface area contributed by atoms with E-state index in [-0.39, 0.29) is 35.5 Å². The van der Waals surface area contributed by atoms with E-state index in [1.165, 1.54) is 12.1 Å². The predicted octanol–water partition coefficient (Wildman–Crippen LogP) is 4.04. The Bertz CT molecular complexity index is 921. The zero-order valence-electron chi connectivity index (χ0n) is 20.4. The summed E-state index contributed by atoms with van der Waals surface area (Å²) in [7, 11) is 0. The molecule has 5 fully saturated rings. The number of carbonyl (C=O) groups is 2. The molecule has 6 nitrogen and oxygen atoms in total. The summed E-state index contributed by atoms with van der Waals surface area (Å²) in [4.78, 5) is 30.0. The number of piperidine rings is 1. The lowest BCUT2D eigenvalue weighted by molar-refractivity contribution is -0.137. The predicted molar refractivity (Wildman–Crippen MR) is 128 cm³/mol. The lowest BCUT2D eigenvalue weighted by Crippen LogP contribution is -2.63. The van der Waals surface area contributed by atoms with E-state index in [9.17, 15) is 19.1 Å². The summed E-state index contributed by atoms with van der Waals surface area (Å²) < 4.78 is 14.3. The van der Waals surface area contributed by atoms with Gasteiger partial charge in [0.25, 0.3) is 5.91 Å². The highest BCUT2D eigenvalue weighted by molar-refractivity contribution is 5.94. The fourth-order valence-electron chi connectivity index (χ4n) is 7.45. The van der Waals surface area contributed by atoms with Gasteiger partial charge in [-0.3, -0.25) is 4.79 Å². The van der Waals surface area contributed by atoms with Gasteiger partial charge in [-0.25, -0.2) is 9.18 Å². The molecule has 1 saturated heterocycles. The van der Waals surface area contributed by atoms with Crippen LogP contribution in [-0.4, -0.2) is 64.2 Å². The molecule has 186 valence electrons. The van der Waals surface area contributed by atoms with Crippen molar-refractivity contribution < 1.29 is 19.1 Å². The lowest BCUT2D eigenvalue weighted by Gasteiger charge is -2.58. The molecule has 4 bridgehead atoms. The molecule has 0 aromatic heterocycles. The molecule has 1 aromatic rings. The van der Waals surface area contributed by atoms with Crippen LogP contribution in [0, 0.1) is 29.5 Å². The molecule has 1 heterocycles. The van der Waals surface area contributed by atoms with Crippen molar-refractivity contribution in [2.45, 2.75) is 76.5 Å². The van der Waals surface area contributed by atoms with Crippen molar-refractivity contribution in [3.05, 3.63) is 35.6 Å². The largest absolute Gasteiger partial charge is 0.390 e. The first kappa shape index (κ1) is 23.6. The molecule has 2 N–H and O–H groups in total. The highest BCUT2D eigenvalue weighted by Crippen LogP contribution is 2.55. The van der Waals surface area contributed by atoms with Gasteiger partial charge in [0.15, 0.2) is 0 Å². The fraction of sp³-hybridized carbons (Fsp3) is 0.704. The molecule has 1 aliphatic heterocycles. The molecular weight excluding hydrogens is 433 g/mol. The first-order valence-electron chi connectivity index (χ1n) is 13.1. The molecule has 3 atom stereocenters. The first-order chi connectivity index (χ1) is 16.2. The van der Waals surface area contributed by atoms with Gasteiger partial charge in [0.05, 0.1) is 11.2 Å². The van der Waals surface area contributed by atoms with Crippen LogP contribution in [0.5, 0.6) is 0 Å². The quantitative estimate of drug-likeness (QED) is 0.681. The van der Waals surface area contributed by atoms with Crippen LogP contribution in [0.3, 0.4) is 0 Å². The SMILES string of the molecule is CC(C)N(C[C@H]1CCCN(C(=O)NC2C3CC4CC2CC(O)(C4)C3)C1)C(=O)c1ccccc1F. The maximum absolute atomic E-state index is 14.3. The highest BCUT2D eigenvalue weighted by atomic mass is 19.1. The molecule has 2 unspecified atom stereocenters. The van der Waals surface area contributed by atoms with Crippen molar-refractivity contribution in [1.82, 2.24) is 15.1 Å². The van der Waals surface area contributed by atoms with Gasteiger partial charge in [0.1, 0.15) is 5.82 Å². The van der Waals surface area contributed by atoms with Crippen molar-refractivity contribution in [2.24, 2.45) is 23.7 Å². The molecule has 0 spiro atoms. The Balaban J connectivity index is 1.21. The standard InChI is InChI=1S/C27H38FN3O3/c1-17(2)31(25(32)22-7-3-4-8-23(22)28)16-18-6-5-9-30(15-18)26(33)29-24-20-10-19-11-21(24)14-27(34,12-19)13-20/h3-4,7-8,17-21,24,34H,5-6,9-16H2,1-2H3,(H,29,33)/t18-,19?,20?,21?,24?,27?/m0/s1. The van der Waals surface area contributed by atoms with Gasteiger partial charge in [0.2, 0.25) is 0 Å². The van der Waals surface area contributed by atoms with Gasteiger partial charge in [-0.05, 0) is 94.6 Å². The van der Waals surface area contributed by atoms with Gasteiger partial charge >= 0.3 is 6.03 Å². The number of likely N-dealkylation sites (tertiary alicyclic amines) is 1. The van der Waals surface area contributed by atoms with E-state index in [0.29, 0.717) is 30.8 Å². The number of amides is 3. The third-order valence-electron chi connectivity index (χ3n) is 8.78. The van der Waals surface area contributed by atoms with E-state index in [1.54, 1.807) is 17.0 Å². The Morgan fingerprint density at radius 2 is 1.91 bits per heavy atom. The number of hydrogen-bond donors (Lipinski definition) is 2. The van der Waals surface area contributed by atoms with Gasteiger partial charge in [0, 0.05) is 31.7 Å². The van der Waals surface area contributed by atoms with Crippen LogP contribution >= 0.6 is 0 Å². The van der Waals surface area contributed by atoms with E-state index in [1.807, 2.05) is 18.7 Å². The molecule has 34 heavy (non-hydrogen) atoms. The number of rotatable bonds is 5. The van der Waals surface area contributed by atoms with Crippen molar-refractivity contribution in [3.8, 4) is 0 Å². The topological polar surface area (TPSA) is 72.9 Å².